The molecule has 1 saturated heterocycles. The van der Waals surface area contributed by atoms with E-state index in [1.165, 1.54) is 0 Å². The monoisotopic (exact) mass is 334 g/mol. The molecule has 1 fully saturated rings. The molecule has 1 aliphatic heterocycles. The summed E-state index contributed by atoms with van der Waals surface area (Å²) in [7, 11) is 0. The summed E-state index contributed by atoms with van der Waals surface area (Å²) in [6.07, 6.45) is 4.47. The van der Waals surface area contributed by atoms with E-state index in [4.69, 9.17) is 4.74 Å². The van der Waals surface area contributed by atoms with Crippen LogP contribution in [0.25, 0.3) is 0 Å². The van der Waals surface area contributed by atoms with E-state index in [1.54, 1.807) is 11.1 Å². The highest BCUT2D eigenvalue weighted by molar-refractivity contribution is 5.90. The van der Waals surface area contributed by atoms with Gasteiger partial charge >= 0.3 is 6.09 Å². The molecule has 0 bridgehead atoms. The maximum atomic E-state index is 11.7. The molecule has 2 N–H and O–H groups in total. The Bertz CT molecular complexity index is 539. The first-order valence-electron chi connectivity index (χ1n) is 8.56. The second-order valence-electron chi connectivity index (χ2n) is 5.83. The maximum Gasteiger partial charge on any atom is 0.409 e. The molecule has 24 heavy (non-hydrogen) atoms. The lowest BCUT2D eigenvalue weighted by Gasteiger charge is -2.31. The second kappa shape index (κ2) is 9.10. The van der Waals surface area contributed by atoms with Crippen molar-refractivity contribution in [1.82, 2.24) is 9.88 Å². The molecule has 132 valence electrons. The van der Waals surface area contributed by atoms with Crippen molar-refractivity contribution in [2.45, 2.75) is 45.6 Å². The zero-order valence-corrected chi connectivity index (χ0v) is 14.4. The van der Waals surface area contributed by atoms with Crippen LogP contribution in [0.15, 0.2) is 18.3 Å². The van der Waals surface area contributed by atoms with Gasteiger partial charge in [0.25, 0.3) is 0 Å². The number of carbonyl (C=O) groups is 2. The van der Waals surface area contributed by atoms with Gasteiger partial charge in [-0.15, -0.1) is 0 Å². The van der Waals surface area contributed by atoms with Crippen LogP contribution in [-0.2, 0) is 9.53 Å². The minimum atomic E-state index is -0.235. The van der Waals surface area contributed by atoms with Crippen LogP contribution < -0.4 is 10.6 Å². The van der Waals surface area contributed by atoms with E-state index in [9.17, 15) is 9.59 Å². The zero-order chi connectivity index (χ0) is 17.4. The van der Waals surface area contributed by atoms with Gasteiger partial charge in [-0.25, -0.2) is 9.78 Å². The predicted molar refractivity (Wildman–Crippen MR) is 93.0 cm³/mol. The number of nitrogens with zero attached hydrogens (tertiary/aromatic N) is 2. The molecule has 7 nitrogen and oxygen atoms in total. The highest BCUT2D eigenvalue weighted by Gasteiger charge is 2.23. The summed E-state index contributed by atoms with van der Waals surface area (Å²) >= 11 is 0. The van der Waals surface area contributed by atoms with Crippen LogP contribution in [0.4, 0.5) is 16.3 Å². The highest BCUT2D eigenvalue weighted by atomic mass is 16.6. The molecule has 0 spiro atoms. The number of likely N-dealkylation sites (tertiary alicyclic amines) is 1. The number of aromatic nitrogens is 1. The molecule has 0 radical (unpaired) electrons. The molecular weight excluding hydrogens is 308 g/mol. The maximum absolute atomic E-state index is 11.7. The van der Waals surface area contributed by atoms with Gasteiger partial charge < -0.3 is 20.3 Å². The van der Waals surface area contributed by atoms with Crippen molar-refractivity contribution < 1.29 is 14.3 Å². The quantitative estimate of drug-likeness (QED) is 0.836. The Morgan fingerprint density at radius 2 is 2.04 bits per heavy atom. The van der Waals surface area contributed by atoms with Gasteiger partial charge in [0.2, 0.25) is 5.91 Å². The number of hydrogen-bond donors (Lipinski definition) is 2. The first-order chi connectivity index (χ1) is 11.6. The number of pyridine rings is 1. The smallest absolute Gasteiger partial charge is 0.409 e. The van der Waals surface area contributed by atoms with Crippen molar-refractivity contribution >= 4 is 23.5 Å². The molecule has 0 aromatic carbocycles. The average molecular weight is 334 g/mol. The number of hydrogen-bond acceptors (Lipinski definition) is 5. The number of rotatable bonds is 6. The van der Waals surface area contributed by atoms with Crippen molar-refractivity contribution in [3.63, 3.8) is 0 Å². The first-order valence-corrected chi connectivity index (χ1v) is 8.56. The van der Waals surface area contributed by atoms with Gasteiger partial charge in [-0.1, -0.05) is 6.92 Å². The second-order valence-corrected chi connectivity index (χ2v) is 5.83. The van der Waals surface area contributed by atoms with Crippen LogP contribution in [-0.4, -0.2) is 47.6 Å². The Labute approximate surface area is 142 Å². The summed E-state index contributed by atoms with van der Waals surface area (Å²) in [6.45, 7) is 5.55. The Morgan fingerprint density at radius 3 is 2.62 bits per heavy atom. The Morgan fingerprint density at radius 1 is 1.29 bits per heavy atom. The molecule has 1 aliphatic rings. The number of carbonyl (C=O) groups excluding carboxylic acids is 2. The minimum Gasteiger partial charge on any atom is -0.450 e. The summed E-state index contributed by atoms with van der Waals surface area (Å²) in [4.78, 5) is 29.3. The van der Waals surface area contributed by atoms with Gasteiger partial charge in [-0.05, 0) is 38.3 Å². The third-order valence-electron chi connectivity index (χ3n) is 3.90. The van der Waals surface area contributed by atoms with Crippen molar-refractivity contribution in [2.24, 2.45) is 0 Å². The average Bonchev–Trinajstić information content (AvgIpc) is 2.58. The molecule has 0 unspecified atom stereocenters. The number of anilines is 2. The Kier molecular flexibility index (Phi) is 6.84. The fourth-order valence-corrected chi connectivity index (χ4v) is 2.63. The van der Waals surface area contributed by atoms with Crippen molar-refractivity contribution in [1.29, 1.82) is 0 Å². The van der Waals surface area contributed by atoms with Crippen LogP contribution in [0.1, 0.15) is 39.5 Å². The van der Waals surface area contributed by atoms with Crippen LogP contribution in [0.3, 0.4) is 0 Å². The summed E-state index contributed by atoms with van der Waals surface area (Å²) in [5.74, 6) is 0.782. The summed E-state index contributed by atoms with van der Waals surface area (Å²) in [6, 6.07) is 3.99. The van der Waals surface area contributed by atoms with Gasteiger partial charge in [0.1, 0.15) is 5.82 Å². The lowest BCUT2D eigenvalue weighted by atomic mass is 10.1. The normalized spacial score (nSPS) is 15.0. The Balaban J connectivity index is 1.78. The molecule has 1 aromatic rings. The van der Waals surface area contributed by atoms with E-state index in [0.29, 0.717) is 31.8 Å². The van der Waals surface area contributed by atoms with Gasteiger partial charge in [0.15, 0.2) is 0 Å². The number of nitrogens with one attached hydrogen (secondary N) is 2. The van der Waals surface area contributed by atoms with Crippen molar-refractivity contribution in [3.8, 4) is 0 Å². The molecule has 2 amide bonds. The molecule has 0 aliphatic carbocycles. The molecule has 0 saturated carbocycles. The van der Waals surface area contributed by atoms with Gasteiger partial charge in [0, 0.05) is 25.6 Å². The van der Waals surface area contributed by atoms with Crippen molar-refractivity contribution in [2.75, 3.05) is 30.3 Å². The largest absolute Gasteiger partial charge is 0.450 e. The lowest BCUT2D eigenvalue weighted by molar-refractivity contribution is -0.116. The number of amides is 2. The summed E-state index contributed by atoms with van der Waals surface area (Å²) in [5.41, 5.74) is 0.705. The van der Waals surface area contributed by atoms with Crippen LogP contribution in [0.2, 0.25) is 0 Å². The SMILES string of the molecule is CCCC(=O)Nc1ccc(NC2CCN(C(=O)OCC)CC2)nc1. The van der Waals surface area contributed by atoms with E-state index in [0.717, 1.165) is 25.1 Å². The standard InChI is InChI=1S/C17H26N4O3/c1-3-5-16(22)20-14-6-7-15(18-12-14)19-13-8-10-21(11-9-13)17(23)24-4-2/h6-7,12-13H,3-5,8-11H2,1-2H3,(H,18,19)(H,20,22). The molecular formula is C17H26N4O3. The van der Waals surface area contributed by atoms with Crippen LogP contribution in [0.5, 0.6) is 0 Å². The van der Waals surface area contributed by atoms with Gasteiger partial charge in [0.05, 0.1) is 18.5 Å². The lowest BCUT2D eigenvalue weighted by Crippen LogP contribution is -2.42. The molecule has 2 rings (SSSR count). The molecule has 1 aromatic heterocycles. The molecule has 2 heterocycles. The zero-order valence-electron chi connectivity index (χ0n) is 14.4. The van der Waals surface area contributed by atoms with Crippen LogP contribution in [0, 0.1) is 0 Å². The predicted octanol–water partition coefficient (Wildman–Crippen LogP) is 2.85. The first kappa shape index (κ1) is 18.0. The third-order valence-corrected chi connectivity index (χ3v) is 3.90. The van der Waals surface area contributed by atoms with E-state index in [1.807, 2.05) is 26.0 Å². The van der Waals surface area contributed by atoms with Gasteiger partial charge in [-0.2, -0.15) is 0 Å². The summed E-state index contributed by atoms with van der Waals surface area (Å²) in [5, 5.41) is 6.19. The van der Waals surface area contributed by atoms with E-state index in [2.05, 4.69) is 15.6 Å². The number of piperidine rings is 1. The highest BCUT2D eigenvalue weighted by Crippen LogP contribution is 2.17. The summed E-state index contributed by atoms with van der Waals surface area (Å²) < 4.78 is 5.02. The Hall–Kier alpha value is -2.31. The van der Waals surface area contributed by atoms with E-state index >= 15 is 0 Å². The third kappa shape index (κ3) is 5.40. The van der Waals surface area contributed by atoms with Crippen molar-refractivity contribution in [3.05, 3.63) is 18.3 Å². The fraction of sp³-hybridized carbons (Fsp3) is 0.588. The fourth-order valence-electron chi connectivity index (χ4n) is 2.63. The molecule has 7 heteroatoms. The minimum absolute atomic E-state index is 0.00588. The van der Waals surface area contributed by atoms with E-state index < -0.39 is 0 Å². The van der Waals surface area contributed by atoms with E-state index in [-0.39, 0.29) is 18.0 Å². The number of ether oxygens (including phenoxy) is 1. The topological polar surface area (TPSA) is 83.6 Å². The van der Waals surface area contributed by atoms with Crippen LogP contribution >= 0.6 is 0 Å². The molecule has 0 atom stereocenters. The van der Waals surface area contributed by atoms with Gasteiger partial charge in [-0.3, -0.25) is 4.79 Å².